The minimum Gasteiger partial charge on any atom is -0.480 e. The molecule has 4 N–H and O–H groups in total. The molecule has 3 atom stereocenters. The fraction of sp³-hybridized carbons (Fsp3) is 0.889. The van der Waals surface area contributed by atoms with Gasteiger partial charge in [0.05, 0.1) is 19.8 Å². The number of carbonyl (C=O) groups is 2. The van der Waals surface area contributed by atoms with E-state index in [4.69, 9.17) is 24.8 Å². The second-order valence-corrected chi connectivity index (χ2v) is 14.2. The molecule has 3 unspecified atom stereocenters. The lowest BCUT2D eigenvalue weighted by atomic mass is 10.1. The number of carboxylic acids is 1. The van der Waals surface area contributed by atoms with Crippen molar-refractivity contribution in [1.29, 1.82) is 0 Å². The van der Waals surface area contributed by atoms with E-state index in [1.165, 1.54) is 89.9 Å². The molecule has 11 heteroatoms. The SMILES string of the molecule is CCCCCCC/C=C\CCCCCCCC(=O)OC(COCCCCCCCCCCCCC)COP(=O)(O)OCC(N)C(=O)O. The largest absolute Gasteiger partial charge is 0.480 e. The Labute approximate surface area is 286 Å². The summed E-state index contributed by atoms with van der Waals surface area (Å²) >= 11 is 0. The van der Waals surface area contributed by atoms with E-state index >= 15 is 0 Å². The van der Waals surface area contributed by atoms with Crippen LogP contribution in [0, 0.1) is 0 Å². The smallest absolute Gasteiger partial charge is 0.472 e. The van der Waals surface area contributed by atoms with Crippen molar-refractivity contribution in [3.05, 3.63) is 12.2 Å². The Morgan fingerprint density at radius 2 is 1.11 bits per heavy atom. The molecular formula is C36H70NO9P. The molecule has 0 aromatic carbocycles. The van der Waals surface area contributed by atoms with E-state index in [-0.39, 0.29) is 13.0 Å². The number of aliphatic carboxylic acids is 1. The Morgan fingerprint density at radius 1 is 0.660 bits per heavy atom. The van der Waals surface area contributed by atoms with Crippen LogP contribution in [0.15, 0.2) is 12.2 Å². The number of hydrogen-bond donors (Lipinski definition) is 3. The summed E-state index contributed by atoms with van der Waals surface area (Å²) in [6.07, 6.45) is 31.2. The molecule has 0 radical (unpaired) electrons. The maximum Gasteiger partial charge on any atom is 0.472 e. The van der Waals surface area contributed by atoms with Gasteiger partial charge in [-0.3, -0.25) is 18.6 Å². The van der Waals surface area contributed by atoms with Crippen molar-refractivity contribution in [3.63, 3.8) is 0 Å². The fourth-order valence-corrected chi connectivity index (χ4v) is 5.85. The van der Waals surface area contributed by atoms with Crippen molar-refractivity contribution in [3.8, 4) is 0 Å². The van der Waals surface area contributed by atoms with Crippen LogP contribution in [-0.2, 0) is 32.7 Å². The van der Waals surface area contributed by atoms with Gasteiger partial charge in [-0.2, -0.15) is 0 Å². The molecule has 0 fully saturated rings. The van der Waals surface area contributed by atoms with Crippen LogP contribution in [0.1, 0.15) is 168 Å². The van der Waals surface area contributed by atoms with E-state index in [0.29, 0.717) is 13.0 Å². The van der Waals surface area contributed by atoms with Gasteiger partial charge in [0.15, 0.2) is 0 Å². The normalized spacial score (nSPS) is 14.3. The average Bonchev–Trinajstić information content (AvgIpc) is 3.04. The van der Waals surface area contributed by atoms with Crippen LogP contribution in [0.4, 0.5) is 0 Å². The summed E-state index contributed by atoms with van der Waals surface area (Å²) in [7, 11) is -4.60. The van der Waals surface area contributed by atoms with Crippen LogP contribution in [-0.4, -0.2) is 60.5 Å². The summed E-state index contributed by atoms with van der Waals surface area (Å²) in [5, 5.41) is 8.85. The van der Waals surface area contributed by atoms with Crippen molar-refractivity contribution in [2.45, 2.75) is 180 Å². The van der Waals surface area contributed by atoms with E-state index in [9.17, 15) is 19.0 Å². The first-order valence-electron chi connectivity index (χ1n) is 18.7. The molecule has 10 nitrogen and oxygen atoms in total. The number of nitrogens with two attached hydrogens (primary N) is 1. The monoisotopic (exact) mass is 691 g/mol. The second kappa shape index (κ2) is 33.2. The molecule has 0 spiro atoms. The van der Waals surface area contributed by atoms with Gasteiger partial charge >= 0.3 is 19.8 Å². The molecule has 0 aromatic heterocycles. The molecular weight excluding hydrogens is 621 g/mol. The van der Waals surface area contributed by atoms with Gasteiger partial charge in [0.2, 0.25) is 0 Å². The topological polar surface area (TPSA) is 155 Å². The first kappa shape index (κ1) is 45.7. The standard InChI is InChI=1S/C36H70NO9P/c1-3-5-7-9-11-13-15-16-17-18-20-22-24-26-28-35(38)46-33(31-44-47(41,42)45-32-34(37)36(39)40)30-43-29-27-25-23-21-19-14-12-10-8-6-4-2/h15-16,33-34H,3-14,17-32,37H2,1-2H3,(H,39,40)(H,41,42)/b16-15-. The number of allylic oxidation sites excluding steroid dienone is 2. The van der Waals surface area contributed by atoms with Gasteiger partial charge in [0.25, 0.3) is 0 Å². The molecule has 278 valence electrons. The molecule has 0 aliphatic heterocycles. The molecule has 0 amide bonds. The zero-order valence-electron chi connectivity index (χ0n) is 29.9. The van der Waals surface area contributed by atoms with E-state index in [1.54, 1.807) is 0 Å². The number of rotatable bonds is 36. The third-order valence-electron chi connectivity index (χ3n) is 8.04. The lowest BCUT2D eigenvalue weighted by Crippen LogP contribution is -2.34. The Kier molecular flexibility index (Phi) is 32.3. The first-order valence-corrected chi connectivity index (χ1v) is 20.2. The molecule has 0 aromatic rings. The van der Waals surface area contributed by atoms with Crippen molar-refractivity contribution >= 4 is 19.8 Å². The maximum atomic E-state index is 12.5. The van der Waals surface area contributed by atoms with Gasteiger partial charge in [-0.05, 0) is 38.5 Å². The van der Waals surface area contributed by atoms with Crippen LogP contribution < -0.4 is 5.73 Å². The predicted octanol–water partition coefficient (Wildman–Crippen LogP) is 9.42. The first-order chi connectivity index (χ1) is 22.7. The van der Waals surface area contributed by atoms with Crippen LogP contribution in [0.3, 0.4) is 0 Å². The summed E-state index contributed by atoms with van der Waals surface area (Å²) in [6.45, 7) is 3.85. The third kappa shape index (κ3) is 33.0. The van der Waals surface area contributed by atoms with E-state index < -0.39 is 45.1 Å². The molecule has 0 aliphatic carbocycles. The molecule has 0 saturated carbocycles. The van der Waals surface area contributed by atoms with Crippen molar-refractivity contribution in [1.82, 2.24) is 0 Å². The quantitative estimate of drug-likeness (QED) is 0.0250. The number of esters is 1. The maximum absolute atomic E-state index is 12.5. The van der Waals surface area contributed by atoms with Crippen LogP contribution >= 0.6 is 7.82 Å². The van der Waals surface area contributed by atoms with Gasteiger partial charge in [-0.15, -0.1) is 0 Å². The van der Waals surface area contributed by atoms with E-state index in [2.05, 4.69) is 30.5 Å². The van der Waals surface area contributed by atoms with Gasteiger partial charge < -0.3 is 25.2 Å². The van der Waals surface area contributed by atoms with Gasteiger partial charge in [0.1, 0.15) is 12.1 Å². The van der Waals surface area contributed by atoms with Crippen molar-refractivity contribution in [2.24, 2.45) is 5.73 Å². The van der Waals surface area contributed by atoms with Crippen molar-refractivity contribution < 1.29 is 42.7 Å². The highest BCUT2D eigenvalue weighted by Gasteiger charge is 2.27. The number of unbranched alkanes of at least 4 members (excludes halogenated alkanes) is 20. The minimum absolute atomic E-state index is 0.0183. The van der Waals surface area contributed by atoms with E-state index in [1.807, 2.05) is 0 Å². The van der Waals surface area contributed by atoms with Crippen LogP contribution in [0.2, 0.25) is 0 Å². The summed E-state index contributed by atoms with van der Waals surface area (Å²) in [6, 6.07) is -1.47. The number of carboxylic acid groups (broad SMARTS) is 1. The Hall–Kier alpha value is -1.29. The minimum atomic E-state index is -4.60. The lowest BCUT2D eigenvalue weighted by Gasteiger charge is -2.20. The lowest BCUT2D eigenvalue weighted by molar-refractivity contribution is -0.154. The number of carbonyl (C=O) groups excluding carboxylic acids is 1. The number of hydrogen-bond acceptors (Lipinski definition) is 8. The molecule has 0 bridgehead atoms. The summed E-state index contributed by atoms with van der Waals surface area (Å²) in [5.41, 5.74) is 5.33. The zero-order valence-corrected chi connectivity index (χ0v) is 30.8. The highest BCUT2D eigenvalue weighted by Crippen LogP contribution is 2.43. The molecule has 0 aliphatic rings. The Morgan fingerprint density at radius 3 is 1.62 bits per heavy atom. The highest BCUT2D eigenvalue weighted by molar-refractivity contribution is 7.47. The van der Waals surface area contributed by atoms with Gasteiger partial charge in [-0.25, -0.2) is 4.57 Å². The number of phosphoric acid groups is 1. The summed E-state index contributed by atoms with van der Waals surface area (Å²) in [5.74, 6) is -1.78. The second-order valence-electron chi connectivity index (χ2n) is 12.7. The molecule has 0 rings (SSSR count). The Balaban J connectivity index is 4.32. The van der Waals surface area contributed by atoms with Crippen molar-refractivity contribution in [2.75, 3.05) is 26.4 Å². The third-order valence-corrected chi connectivity index (χ3v) is 9.00. The molecule has 0 heterocycles. The Bertz CT molecular complexity index is 811. The number of ether oxygens (including phenoxy) is 2. The average molecular weight is 692 g/mol. The fourth-order valence-electron chi connectivity index (χ4n) is 5.07. The zero-order chi connectivity index (χ0) is 34.9. The summed E-state index contributed by atoms with van der Waals surface area (Å²) in [4.78, 5) is 33.3. The van der Waals surface area contributed by atoms with Crippen LogP contribution in [0.25, 0.3) is 0 Å². The molecule has 0 saturated heterocycles. The molecule has 47 heavy (non-hydrogen) atoms. The highest BCUT2D eigenvalue weighted by atomic mass is 31.2. The van der Waals surface area contributed by atoms with Gasteiger partial charge in [0, 0.05) is 13.0 Å². The van der Waals surface area contributed by atoms with Gasteiger partial charge in [-0.1, -0.05) is 135 Å². The summed E-state index contributed by atoms with van der Waals surface area (Å²) < 4.78 is 33.1. The predicted molar refractivity (Wildman–Crippen MR) is 189 cm³/mol. The van der Waals surface area contributed by atoms with E-state index in [0.717, 1.165) is 51.4 Å². The van der Waals surface area contributed by atoms with Crippen LogP contribution in [0.5, 0.6) is 0 Å². The number of phosphoric ester groups is 1.